The zero-order chi connectivity index (χ0) is 21.4. The van der Waals surface area contributed by atoms with Gasteiger partial charge in [0.25, 0.3) is 5.56 Å². The van der Waals surface area contributed by atoms with Crippen LogP contribution < -0.4 is 15.4 Å². The Morgan fingerprint density at radius 2 is 1.39 bits per heavy atom. The highest BCUT2D eigenvalue weighted by atomic mass is 35.5. The van der Waals surface area contributed by atoms with Crippen LogP contribution in [0.25, 0.3) is 16.6 Å². The number of fused-ring (bicyclic) bond motifs is 1. The topological polar surface area (TPSA) is 41.4 Å². The second-order valence-corrected chi connectivity index (χ2v) is 7.93. The van der Waals surface area contributed by atoms with Gasteiger partial charge in [0.05, 0.1) is 16.6 Å². The quantitative estimate of drug-likeness (QED) is 0.476. The van der Waals surface area contributed by atoms with E-state index in [0.29, 0.717) is 35.0 Å². The van der Waals surface area contributed by atoms with E-state index in [1.165, 1.54) is 12.1 Å². The van der Waals surface area contributed by atoms with Crippen LogP contribution in [0.2, 0.25) is 5.02 Å². The summed E-state index contributed by atoms with van der Waals surface area (Å²) in [5, 5.41) is 1.19. The second-order valence-electron chi connectivity index (χ2n) is 7.50. The van der Waals surface area contributed by atoms with Crippen molar-refractivity contribution < 1.29 is 4.39 Å². The third kappa shape index (κ3) is 3.75. The fourth-order valence-electron chi connectivity index (χ4n) is 3.97. The summed E-state index contributed by atoms with van der Waals surface area (Å²) in [5.74, 6) is 0.375. The van der Waals surface area contributed by atoms with Crippen LogP contribution in [0.5, 0.6) is 0 Å². The van der Waals surface area contributed by atoms with Crippen molar-refractivity contribution in [2.75, 3.05) is 36.0 Å². The van der Waals surface area contributed by atoms with Crippen LogP contribution in [-0.4, -0.2) is 35.7 Å². The smallest absolute Gasteiger partial charge is 0.267 e. The fraction of sp³-hybridized carbons (Fsp3) is 0.167. The third-order valence-corrected chi connectivity index (χ3v) is 5.85. The molecule has 1 aliphatic heterocycles. The standard InChI is InChI=1S/C24H20ClFN4O/c25-17-5-9-20(10-6-17)30-23(31)21-3-1-2-4-22(21)27-24(30)29-15-13-28(14-16-29)19-11-7-18(26)8-12-19/h1-12H,13-16H2. The number of rotatable bonds is 3. The predicted molar refractivity (Wildman–Crippen MR) is 123 cm³/mol. The average molecular weight is 435 g/mol. The van der Waals surface area contributed by atoms with Crippen molar-refractivity contribution in [1.82, 2.24) is 9.55 Å². The van der Waals surface area contributed by atoms with Gasteiger partial charge in [0.2, 0.25) is 5.95 Å². The second kappa shape index (κ2) is 8.04. The van der Waals surface area contributed by atoms with Crippen molar-refractivity contribution >= 4 is 34.1 Å². The molecule has 3 aromatic carbocycles. The molecule has 0 spiro atoms. The lowest BCUT2D eigenvalue weighted by Crippen LogP contribution is -2.48. The molecule has 0 atom stereocenters. The molecule has 7 heteroatoms. The lowest BCUT2D eigenvalue weighted by molar-refractivity contribution is 0.621. The van der Waals surface area contributed by atoms with E-state index in [0.717, 1.165) is 24.5 Å². The summed E-state index contributed by atoms with van der Waals surface area (Å²) in [4.78, 5) is 22.6. The number of para-hydroxylation sites is 1. The summed E-state index contributed by atoms with van der Waals surface area (Å²) in [5.41, 5.74) is 2.28. The maximum absolute atomic E-state index is 13.4. The Hall–Kier alpha value is -3.38. The highest BCUT2D eigenvalue weighted by Gasteiger charge is 2.23. The van der Waals surface area contributed by atoms with Gasteiger partial charge in [-0.3, -0.25) is 4.79 Å². The molecule has 5 rings (SSSR count). The van der Waals surface area contributed by atoms with Crippen molar-refractivity contribution in [2.24, 2.45) is 0 Å². The van der Waals surface area contributed by atoms with Crippen molar-refractivity contribution in [3.05, 3.63) is 94.0 Å². The molecule has 0 saturated carbocycles. The SMILES string of the molecule is O=c1c2ccccc2nc(N2CCN(c3ccc(F)cc3)CC2)n1-c1ccc(Cl)cc1. The van der Waals surface area contributed by atoms with Gasteiger partial charge in [0.1, 0.15) is 5.82 Å². The zero-order valence-corrected chi connectivity index (χ0v) is 17.5. The summed E-state index contributed by atoms with van der Waals surface area (Å²) in [6.07, 6.45) is 0. The minimum Gasteiger partial charge on any atom is -0.368 e. The number of hydrogen-bond acceptors (Lipinski definition) is 4. The number of aromatic nitrogens is 2. The minimum atomic E-state index is -0.241. The van der Waals surface area contributed by atoms with Crippen LogP contribution in [0.4, 0.5) is 16.0 Å². The van der Waals surface area contributed by atoms with E-state index in [1.807, 2.05) is 30.3 Å². The molecule has 4 aromatic rings. The Morgan fingerprint density at radius 3 is 2.10 bits per heavy atom. The molecule has 5 nitrogen and oxygen atoms in total. The van der Waals surface area contributed by atoms with E-state index in [2.05, 4.69) is 9.80 Å². The van der Waals surface area contributed by atoms with Gasteiger partial charge < -0.3 is 9.80 Å². The van der Waals surface area contributed by atoms with Gasteiger partial charge in [-0.05, 0) is 60.7 Å². The first-order valence-electron chi connectivity index (χ1n) is 10.1. The molecule has 0 bridgehead atoms. The van der Waals surface area contributed by atoms with E-state index in [-0.39, 0.29) is 11.4 Å². The Kier molecular flexibility index (Phi) is 5.08. The van der Waals surface area contributed by atoms with Crippen molar-refractivity contribution in [3.63, 3.8) is 0 Å². The molecule has 156 valence electrons. The number of anilines is 2. The van der Waals surface area contributed by atoms with Crippen molar-refractivity contribution in [2.45, 2.75) is 0 Å². The minimum absolute atomic E-state index is 0.108. The fourth-order valence-corrected chi connectivity index (χ4v) is 4.10. The molecule has 0 N–H and O–H groups in total. The first kappa shape index (κ1) is 19.6. The highest BCUT2D eigenvalue weighted by molar-refractivity contribution is 6.30. The van der Waals surface area contributed by atoms with Crippen LogP contribution >= 0.6 is 11.6 Å². The van der Waals surface area contributed by atoms with Crippen LogP contribution in [-0.2, 0) is 0 Å². The number of piperazine rings is 1. The lowest BCUT2D eigenvalue weighted by atomic mass is 10.2. The molecule has 2 heterocycles. The number of nitrogens with zero attached hydrogens (tertiary/aromatic N) is 4. The van der Waals surface area contributed by atoms with Gasteiger partial charge >= 0.3 is 0 Å². The molecule has 0 amide bonds. The van der Waals surface area contributed by atoms with Gasteiger partial charge in [-0.15, -0.1) is 0 Å². The van der Waals surface area contributed by atoms with Crippen LogP contribution in [0, 0.1) is 5.82 Å². The van der Waals surface area contributed by atoms with Crippen LogP contribution in [0.1, 0.15) is 0 Å². The van der Waals surface area contributed by atoms with Gasteiger partial charge in [0, 0.05) is 36.9 Å². The largest absolute Gasteiger partial charge is 0.368 e. The van der Waals surface area contributed by atoms with E-state index in [4.69, 9.17) is 16.6 Å². The molecule has 1 saturated heterocycles. The molecule has 1 aromatic heterocycles. The monoisotopic (exact) mass is 434 g/mol. The third-order valence-electron chi connectivity index (χ3n) is 5.60. The molecule has 0 radical (unpaired) electrons. The van der Waals surface area contributed by atoms with E-state index >= 15 is 0 Å². The Bertz CT molecular complexity index is 1280. The first-order chi connectivity index (χ1) is 15.1. The Labute approximate surface area is 183 Å². The van der Waals surface area contributed by atoms with Crippen LogP contribution in [0.15, 0.2) is 77.6 Å². The summed E-state index contributed by atoms with van der Waals surface area (Å²) in [6.45, 7) is 2.87. The normalized spacial score (nSPS) is 14.3. The summed E-state index contributed by atoms with van der Waals surface area (Å²) in [7, 11) is 0. The van der Waals surface area contributed by atoms with Gasteiger partial charge in [-0.2, -0.15) is 0 Å². The Balaban J connectivity index is 1.53. The summed E-state index contributed by atoms with van der Waals surface area (Å²) < 4.78 is 14.9. The molecule has 1 aliphatic rings. The van der Waals surface area contributed by atoms with E-state index in [9.17, 15) is 9.18 Å². The maximum Gasteiger partial charge on any atom is 0.267 e. The van der Waals surface area contributed by atoms with E-state index < -0.39 is 0 Å². The molecular formula is C24H20ClFN4O. The van der Waals surface area contributed by atoms with Crippen molar-refractivity contribution in [1.29, 1.82) is 0 Å². The average Bonchev–Trinajstić information content (AvgIpc) is 2.80. The maximum atomic E-state index is 13.4. The highest BCUT2D eigenvalue weighted by Crippen LogP contribution is 2.24. The van der Waals surface area contributed by atoms with Crippen molar-refractivity contribution in [3.8, 4) is 5.69 Å². The molecule has 1 fully saturated rings. The molecular weight excluding hydrogens is 415 g/mol. The van der Waals surface area contributed by atoms with Gasteiger partial charge in [-0.25, -0.2) is 13.9 Å². The number of hydrogen-bond donors (Lipinski definition) is 0. The predicted octanol–water partition coefficient (Wildman–Crippen LogP) is 4.50. The number of halogens is 2. The zero-order valence-electron chi connectivity index (χ0n) is 16.7. The summed E-state index contributed by atoms with van der Waals surface area (Å²) >= 11 is 6.06. The Morgan fingerprint density at radius 1 is 0.774 bits per heavy atom. The molecule has 0 aliphatic carbocycles. The van der Waals surface area contributed by atoms with E-state index in [1.54, 1.807) is 34.9 Å². The molecule has 0 unspecified atom stereocenters. The van der Waals surface area contributed by atoms with Gasteiger partial charge in [0.15, 0.2) is 0 Å². The lowest BCUT2D eigenvalue weighted by Gasteiger charge is -2.37. The number of benzene rings is 3. The van der Waals surface area contributed by atoms with Gasteiger partial charge in [-0.1, -0.05) is 23.7 Å². The summed E-state index contributed by atoms with van der Waals surface area (Å²) in [6, 6.07) is 21.1. The first-order valence-corrected chi connectivity index (χ1v) is 10.5. The van der Waals surface area contributed by atoms with Crippen LogP contribution in [0.3, 0.4) is 0 Å². The molecule has 31 heavy (non-hydrogen) atoms.